The Balaban J connectivity index is 2.18. The molecular formula is C14H17N3O2S. The number of nitrogens with zero attached hydrogens (tertiary/aromatic N) is 1. The van der Waals surface area contributed by atoms with Gasteiger partial charge < -0.3 is 15.8 Å². The fourth-order valence-electron chi connectivity index (χ4n) is 1.74. The largest absolute Gasteiger partial charge is 0.462 e. The minimum absolute atomic E-state index is 0.317. The Bertz CT molecular complexity index is 610. The Morgan fingerprint density at radius 2 is 2.35 bits per heavy atom. The molecular weight excluding hydrogens is 274 g/mol. The van der Waals surface area contributed by atoms with E-state index < -0.39 is 5.97 Å². The van der Waals surface area contributed by atoms with Crippen LogP contribution in [0.2, 0.25) is 0 Å². The van der Waals surface area contributed by atoms with Crippen molar-refractivity contribution in [1.29, 1.82) is 0 Å². The van der Waals surface area contributed by atoms with E-state index >= 15 is 0 Å². The summed E-state index contributed by atoms with van der Waals surface area (Å²) in [5.41, 5.74) is 7.70. The van der Waals surface area contributed by atoms with Crippen LogP contribution in [0, 0.1) is 6.92 Å². The maximum Gasteiger partial charge on any atom is 0.341 e. The topological polar surface area (TPSA) is 77.2 Å². The molecule has 2 rings (SSSR count). The van der Waals surface area contributed by atoms with Crippen molar-refractivity contribution >= 4 is 28.8 Å². The van der Waals surface area contributed by atoms with Crippen LogP contribution < -0.4 is 11.1 Å². The Morgan fingerprint density at radius 1 is 1.55 bits per heavy atom. The lowest BCUT2D eigenvalue weighted by Gasteiger charge is -2.10. The Hall–Kier alpha value is -2.08. The van der Waals surface area contributed by atoms with Crippen molar-refractivity contribution in [2.24, 2.45) is 0 Å². The van der Waals surface area contributed by atoms with Gasteiger partial charge in [0.1, 0.15) is 11.4 Å². The van der Waals surface area contributed by atoms with Crippen LogP contribution in [-0.2, 0) is 11.3 Å². The zero-order valence-corrected chi connectivity index (χ0v) is 12.3. The smallest absolute Gasteiger partial charge is 0.341 e. The molecule has 0 radical (unpaired) electrons. The van der Waals surface area contributed by atoms with Crippen molar-refractivity contribution in [3.8, 4) is 0 Å². The molecule has 0 spiro atoms. The van der Waals surface area contributed by atoms with Gasteiger partial charge in [-0.05, 0) is 36.9 Å². The fourth-order valence-corrected chi connectivity index (χ4v) is 2.58. The molecule has 5 nitrogen and oxygen atoms in total. The fraction of sp³-hybridized carbons (Fsp3) is 0.286. The van der Waals surface area contributed by atoms with Gasteiger partial charge in [0.15, 0.2) is 0 Å². The first-order chi connectivity index (χ1) is 9.61. The van der Waals surface area contributed by atoms with Gasteiger partial charge in [-0.3, -0.25) is 0 Å². The molecule has 0 fully saturated rings. The van der Waals surface area contributed by atoms with Gasteiger partial charge in [0, 0.05) is 4.88 Å². The second-order valence-corrected chi connectivity index (χ2v) is 5.27. The Labute approximate surface area is 121 Å². The summed E-state index contributed by atoms with van der Waals surface area (Å²) in [6, 6.07) is 3.64. The summed E-state index contributed by atoms with van der Waals surface area (Å²) in [7, 11) is 0. The molecule has 20 heavy (non-hydrogen) atoms. The van der Waals surface area contributed by atoms with Crippen molar-refractivity contribution in [3.63, 3.8) is 0 Å². The standard InChI is InChI=1S/C14H17N3O2S/c1-3-19-14(18)11-6-10(15)7-16-13(11)17-8-12-9(2)4-5-20-12/h4-7H,3,8,15H2,1-2H3,(H,16,17). The number of rotatable bonds is 5. The minimum atomic E-state index is -0.419. The van der Waals surface area contributed by atoms with Crippen molar-refractivity contribution < 1.29 is 9.53 Å². The number of carbonyl (C=O) groups is 1. The molecule has 2 heterocycles. The first kappa shape index (κ1) is 14.3. The number of nitrogens with one attached hydrogen (secondary N) is 1. The lowest BCUT2D eigenvalue weighted by molar-refractivity contribution is 0.0527. The number of esters is 1. The van der Waals surface area contributed by atoms with Crippen molar-refractivity contribution in [1.82, 2.24) is 4.98 Å². The van der Waals surface area contributed by atoms with Crippen LogP contribution in [-0.4, -0.2) is 17.6 Å². The van der Waals surface area contributed by atoms with Crippen molar-refractivity contribution in [2.75, 3.05) is 17.7 Å². The van der Waals surface area contributed by atoms with E-state index in [0.29, 0.717) is 30.2 Å². The molecule has 0 aliphatic rings. The number of aryl methyl sites for hydroxylation is 1. The lowest BCUT2D eigenvalue weighted by atomic mass is 10.2. The van der Waals surface area contributed by atoms with E-state index in [0.717, 1.165) is 0 Å². The predicted molar refractivity (Wildman–Crippen MR) is 81.0 cm³/mol. The molecule has 0 aliphatic carbocycles. The van der Waals surface area contributed by atoms with E-state index in [1.165, 1.54) is 16.6 Å². The molecule has 3 N–H and O–H groups in total. The molecule has 0 atom stereocenters. The summed E-state index contributed by atoms with van der Waals surface area (Å²) in [5, 5.41) is 5.20. The van der Waals surface area contributed by atoms with Crippen molar-refractivity contribution in [2.45, 2.75) is 20.4 Å². The SMILES string of the molecule is CCOC(=O)c1cc(N)cnc1NCc1sccc1C. The lowest BCUT2D eigenvalue weighted by Crippen LogP contribution is -2.12. The van der Waals surface area contributed by atoms with Gasteiger partial charge in [-0.1, -0.05) is 0 Å². The normalized spacial score (nSPS) is 10.3. The van der Waals surface area contributed by atoms with Crippen LogP contribution in [0.1, 0.15) is 27.7 Å². The first-order valence-electron chi connectivity index (χ1n) is 6.31. The molecule has 0 saturated heterocycles. The predicted octanol–water partition coefficient (Wildman–Crippen LogP) is 2.82. The minimum Gasteiger partial charge on any atom is -0.462 e. The van der Waals surface area contributed by atoms with Gasteiger partial charge in [-0.2, -0.15) is 0 Å². The van der Waals surface area contributed by atoms with Crippen molar-refractivity contribution in [3.05, 3.63) is 39.7 Å². The van der Waals surface area contributed by atoms with Crippen LogP contribution in [0.5, 0.6) is 0 Å². The Morgan fingerprint density at radius 3 is 3.00 bits per heavy atom. The number of anilines is 2. The van der Waals surface area contributed by atoms with Gasteiger partial charge in [-0.25, -0.2) is 9.78 Å². The van der Waals surface area contributed by atoms with E-state index in [1.807, 2.05) is 5.38 Å². The van der Waals surface area contributed by atoms with Crippen LogP contribution in [0.25, 0.3) is 0 Å². The number of hydrogen-bond donors (Lipinski definition) is 2. The number of pyridine rings is 1. The number of nitrogens with two attached hydrogens (primary N) is 1. The second kappa shape index (κ2) is 6.38. The van der Waals surface area contributed by atoms with Crippen LogP contribution >= 0.6 is 11.3 Å². The van der Waals surface area contributed by atoms with E-state index in [4.69, 9.17) is 10.5 Å². The third kappa shape index (κ3) is 3.27. The number of hydrogen-bond acceptors (Lipinski definition) is 6. The monoisotopic (exact) mass is 291 g/mol. The van der Waals surface area contributed by atoms with Crippen LogP contribution in [0.4, 0.5) is 11.5 Å². The number of nitrogen functional groups attached to an aromatic ring is 1. The molecule has 0 amide bonds. The Kier molecular flexibility index (Phi) is 4.57. The first-order valence-corrected chi connectivity index (χ1v) is 7.19. The molecule has 0 bridgehead atoms. The summed E-state index contributed by atoms with van der Waals surface area (Å²) >= 11 is 1.67. The maximum absolute atomic E-state index is 11.9. The number of carbonyl (C=O) groups excluding carboxylic acids is 1. The molecule has 0 aromatic carbocycles. The maximum atomic E-state index is 11.9. The highest BCUT2D eigenvalue weighted by molar-refractivity contribution is 7.10. The highest BCUT2D eigenvalue weighted by Crippen LogP contribution is 2.20. The van der Waals surface area contributed by atoms with Gasteiger partial charge in [0.2, 0.25) is 0 Å². The summed E-state index contributed by atoms with van der Waals surface area (Å²) in [4.78, 5) is 17.3. The highest BCUT2D eigenvalue weighted by Gasteiger charge is 2.14. The molecule has 0 aliphatic heterocycles. The quantitative estimate of drug-likeness (QED) is 0.828. The van der Waals surface area contributed by atoms with Crippen LogP contribution in [0.15, 0.2) is 23.7 Å². The van der Waals surface area contributed by atoms with E-state index in [9.17, 15) is 4.79 Å². The van der Waals surface area contributed by atoms with Gasteiger partial charge in [0.25, 0.3) is 0 Å². The van der Waals surface area contributed by atoms with E-state index in [-0.39, 0.29) is 0 Å². The molecule has 106 valence electrons. The van der Waals surface area contributed by atoms with Gasteiger partial charge >= 0.3 is 5.97 Å². The third-order valence-corrected chi connectivity index (χ3v) is 3.81. The zero-order valence-electron chi connectivity index (χ0n) is 11.5. The third-order valence-electron chi connectivity index (χ3n) is 2.79. The molecule has 0 unspecified atom stereocenters. The average molecular weight is 291 g/mol. The summed E-state index contributed by atoms with van der Waals surface area (Å²) in [5.74, 6) is 0.0724. The summed E-state index contributed by atoms with van der Waals surface area (Å²) in [6.45, 7) is 4.75. The average Bonchev–Trinajstić information content (AvgIpc) is 2.83. The summed E-state index contributed by atoms with van der Waals surface area (Å²) < 4.78 is 5.01. The zero-order chi connectivity index (χ0) is 14.5. The molecule has 0 saturated carbocycles. The summed E-state index contributed by atoms with van der Waals surface area (Å²) in [6.07, 6.45) is 1.52. The highest BCUT2D eigenvalue weighted by atomic mass is 32.1. The number of ether oxygens (including phenoxy) is 1. The number of thiophene rings is 1. The van der Waals surface area contributed by atoms with E-state index in [1.54, 1.807) is 24.3 Å². The molecule has 6 heteroatoms. The van der Waals surface area contributed by atoms with Crippen LogP contribution in [0.3, 0.4) is 0 Å². The number of aromatic nitrogens is 1. The second-order valence-electron chi connectivity index (χ2n) is 4.27. The molecule has 2 aromatic heterocycles. The van der Waals surface area contributed by atoms with E-state index in [2.05, 4.69) is 23.3 Å². The van der Waals surface area contributed by atoms with Gasteiger partial charge in [-0.15, -0.1) is 11.3 Å². The van der Waals surface area contributed by atoms with Gasteiger partial charge in [0.05, 0.1) is 25.0 Å². The molecule has 2 aromatic rings.